The summed E-state index contributed by atoms with van der Waals surface area (Å²) >= 11 is 1.47. The monoisotopic (exact) mass is 248 g/mol. The molecule has 90 valence electrons. The minimum atomic E-state index is 0.126. The Labute approximate surface area is 106 Å². The third-order valence-electron chi connectivity index (χ3n) is 2.83. The van der Waals surface area contributed by atoms with Crippen molar-refractivity contribution in [1.29, 1.82) is 0 Å². The summed E-state index contributed by atoms with van der Waals surface area (Å²) < 4.78 is 0. The maximum atomic E-state index is 12.3. The summed E-state index contributed by atoms with van der Waals surface area (Å²) in [6, 6.07) is 1.89. The number of rotatable bonds is 1. The van der Waals surface area contributed by atoms with E-state index in [4.69, 9.17) is 5.73 Å². The van der Waals surface area contributed by atoms with Gasteiger partial charge in [0.05, 0.1) is 6.54 Å². The lowest BCUT2D eigenvalue weighted by atomic mass is 10.1. The molecular weight excluding hydrogens is 232 g/mol. The molecule has 2 heterocycles. The van der Waals surface area contributed by atoms with Crippen molar-refractivity contribution in [3.8, 4) is 11.8 Å². The van der Waals surface area contributed by atoms with Crippen LogP contribution >= 0.6 is 11.3 Å². The SMILES string of the molecule is NCC#Cc1ccsc1C(=O)N1CCCCC1. The summed E-state index contributed by atoms with van der Waals surface area (Å²) in [6.45, 7) is 2.08. The van der Waals surface area contributed by atoms with Crippen LogP contribution in [0.1, 0.15) is 34.5 Å². The van der Waals surface area contributed by atoms with Gasteiger partial charge in [-0.15, -0.1) is 11.3 Å². The van der Waals surface area contributed by atoms with Crippen molar-refractivity contribution in [2.75, 3.05) is 19.6 Å². The molecule has 1 amide bonds. The molecule has 0 unspecified atom stereocenters. The van der Waals surface area contributed by atoms with Crippen LogP contribution in [-0.4, -0.2) is 30.4 Å². The van der Waals surface area contributed by atoms with Crippen LogP contribution in [0.25, 0.3) is 0 Å². The van der Waals surface area contributed by atoms with Gasteiger partial charge in [0.25, 0.3) is 5.91 Å². The summed E-state index contributed by atoms with van der Waals surface area (Å²) in [6.07, 6.45) is 3.45. The van der Waals surface area contributed by atoms with Crippen LogP contribution in [0.2, 0.25) is 0 Å². The van der Waals surface area contributed by atoms with Gasteiger partial charge in [-0.1, -0.05) is 11.8 Å². The highest BCUT2D eigenvalue weighted by Crippen LogP contribution is 2.20. The van der Waals surface area contributed by atoms with Gasteiger partial charge in [-0.25, -0.2) is 0 Å². The summed E-state index contributed by atoms with van der Waals surface area (Å²) in [7, 11) is 0. The second-order valence-electron chi connectivity index (χ2n) is 4.02. The van der Waals surface area contributed by atoms with Gasteiger partial charge in [0.1, 0.15) is 4.88 Å². The molecule has 1 aliphatic rings. The summed E-state index contributed by atoms with van der Waals surface area (Å²) in [5.41, 5.74) is 6.16. The van der Waals surface area contributed by atoms with Gasteiger partial charge in [0, 0.05) is 18.7 Å². The lowest BCUT2D eigenvalue weighted by Gasteiger charge is -2.26. The quantitative estimate of drug-likeness (QED) is 0.769. The summed E-state index contributed by atoms with van der Waals surface area (Å²) in [4.78, 5) is 15.0. The number of hydrogen-bond acceptors (Lipinski definition) is 3. The molecule has 2 N–H and O–H groups in total. The Morgan fingerprint density at radius 1 is 1.41 bits per heavy atom. The molecular formula is C13H16N2OS. The van der Waals surface area contributed by atoms with E-state index in [0.717, 1.165) is 36.4 Å². The second kappa shape index (κ2) is 5.85. The van der Waals surface area contributed by atoms with Crippen LogP contribution in [0.3, 0.4) is 0 Å². The Kier molecular flexibility index (Phi) is 4.18. The Bertz CT molecular complexity index is 449. The topological polar surface area (TPSA) is 46.3 Å². The molecule has 1 aliphatic heterocycles. The second-order valence-corrected chi connectivity index (χ2v) is 4.94. The number of nitrogens with two attached hydrogens (primary N) is 1. The molecule has 0 bridgehead atoms. The van der Waals surface area contributed by atoms with Gasteiger partial charge in [-0.3, -0.25) is 4.79 Å². The molecule has 0 radical (unpaired) electrons. The van der Waals surface area contributed by atoms with Gasteiger partial charge in [0.15, 0.2) is 0 Å². The highest BCUT2D eigenvalue weighted by Gasteiger charge is 2.21. The number of carbonyl (C=O) groups is 1. The maximum absolute atomic E-state index is 12.3. The Morgan fingerprint density at radius 2 is 2.18 bits per heavy atom. The summed E-state index contributed by atoms with van der Waals surface area (Å²) in [5.74, 6) is 5.89. The van der Waals surface area contributed by atoms with E-state index in [1.807, 2.05) is 16.3 Å². The van der Waals surface area contributed by atoms with Gasteiger partial charge in [-0.05, 0) is 30.7 Å². The smallest absolute Gasteiger partial charge is 0.265 e. The van der Waals surface area contributed by atoms with E-state index in [2.05, 4.69) is 11.8 Å². The molecule has 4 heteroatoms. The molecule has 1 saturated heterocycles. The van der Waals surface area contributed by atoms with Crippen molar-refractivity contribution in [3.05, 3.63) is 21.9 Å². The lowest BCUT2D eigenvalue weighted by Crippen LogP contribution is -2.35. The third-order valence-corrected chi connectivity index (χ3v) is 3.73. The van der Waals surface area contributed by atoms with Crippen LogP contribution < -0.4 is 5.73 Å². The Morgan fingerprint density at radius 3 is 2.88 bits per heavy atom. The van der Waals surface area contributed by atoms with E-state index in [-0.39, 0.29) is 5.91 Å². The minimum absolute atomic E-state index is 0.126. The van der Waals surface area contributed by atoms with Crippen LogP contribution in [-0.2, 0) is 0 Å². The fourth-order valence-electron chi connectivity index (χ4n) is 1.96. The van der Waals surface area contributed by atoms with Gasteiger partial charge in [-0.2, -0.15) is 0 Å². The minimum Gasteiger partial charge on any atom is -0.338 e. The van der Waals surface area contributed by atoms with Crippen molar-refractivity contribution in [1.82, 2.24) is 4.90 Å². The maximum Gasteiger partial charge on any atom is 0.265 e. The highest BCUT2D eigenvalue weighted by atomic mass is 32.1. The van der Waals surface area contributed by atoms with E-state index < -0.39 is 0 Å². The molecule has 0 aliphatic carbocycles. The number of nitrogens with zero attached hydrogens (tertiary/aromatic N) is 1. The average molecular weight is 248 g/mol. The number of hydrogen-bond donors (Lipinski definition) is 1. The van der Waals surface area contributed by atoms with E-state index in [0.29, 0.717) is 6.54 Å². The lowest BCUT2D eigenvalue weighted by molar-refractivity contribution is 0.0729. The Hall–Kier alpha value is -1.31. The molecule has 0 atom stereocenters. The van der Waals surface area contributed by atoms with Crippen molar-refractivity contribution in [3.63, 3.8) is 0 Å². The molecule has 0 spiro atoms. The van der Waals surface area contributed by atoms with E-state index in [9.17, 15) is 4.79 Å². The number of thiophene rings is 1. The first-order chi connectivity index (χ1) is 8.33. The molecule has 0 saturated carbocycles. The normalized spacial score (nSPS) is 15.2. The standard InChI is InChI=1S/C13H16N2OS/c14-7-4-5-11-6-10-17-12(11)13(16)15-8-2-1-3-9-15/h6,10H,1-3,7-9,14H2. The van der Waals surface area contributed by atoms with E-state index in [1.165, 1.54) is 17.8 Å². The molecule has 1 fully saturated rings. The number of amides is 1. The first-order valence-electron chi connectivity index (χ1n) is 5.88. The number of piperidine rings is 1. The first kappa shape index (κ1) is 12.2. The van der Waals surface area contributed by atoms with Crippen molar-refractivity contribution in [2.24, 2.45) is 5.73 Å². The summed E-state index contributed by atoms with van der Waals surface area (Å²) in [5, 5.41) is 1.91. The Balaban J connectivity index is 2.15. The average Bonchev–Trinajstić information content (AvgIpc) is 2.84. The highest BCUT2D eigenvalue weighted by molar-refractivity contribution is 7.12. The molecule has 17 heavy (non-hydrogen) atoms. The fourth-order valence-corrected chi connectivity index (χ4v) is 2.78. The molecule has 0 aromatic carbocycles. The predicted molar refractivity (Wildman–Crippen MR) is 70.0 cm³/mol. The molecule has 3 nitrogen and oxygen atoms in total. The van der Waals surface area contributed by atoms with Gasteiger partial charge < -0.3 is 10.6 Å². The zero-order valence-corrected chi connectivity index (χ0v) is 10.6. The van der Waals surface area contributed by atoms with Crippen LogP contribution in [0.4, 0.5) is 0 Å². The molecule has 1 aromatic rings. The van der Waals surface area contributed by atoms with Crippen LogP contribution in [0, 0.1) is 11.8 Å². The van der Waals surface area contributed by atoms with E-state index in [1.54, 1.807) is 0 Å². The predicted octanol–water partition coefficient (Wildman–Crippen LogP) is 1.68. The molecule has 2 rings (SSSR count). The van der Waals surface area contributed by atoms with Crippen LogP contribution in [0.5, 0.6) is 0 Å². The third kappa shape index (κ3) is 2.87. The zero-order chi connectivity index (χ0) is 12.1. The van der Waals surface area contributed by atoms with Crippen molar-refractivity contribution < 1.29 is 4.79 Å². The van der Waals surface area contributed by atoms with Crippen molar-refractivity contribution in [2.45, 2.75) is 19.3 Å². The van der Waals surface area contributed by atoms with Gasteiger partial charge in [0.2, 0.25) is 0 Å². The van der Waals surface area contributed by atoms with Crippen LogP contribution in [0.15, 0.2) is 11.4 Å². The number of likely N-dealkylation sites (tertiary alicyclic amines) is 1. The fraction of sp³-hybridized carbons (Fsp3) is 0.462. The zero-order valence-electron chi connectivity index (χ0n) is 9.74. The number of carbonyl (C=O) groups excluding carboxylic acids is 1. The van der Waals surface area contributed by atoms with Gasteiger partial charge >= 0.3 is 0 Å². The van der Waals surface area contributed by atoms with E-state index >= 15 is 0 Å². The molecule has 1 aromatic heterocycles. The van der Waals surface area contributed by atoms with Crippen molar-refractivity contribution >= 4 is 17.2 Å². The first-order valence-corrected chi connectivity index (χ1v) is 6.76. The largest absolute Gasteiger partial charge is 0.338 e.